The molecule has 30 heavy (non-hydrogen) atoms. The van der Waals surface area contributed by atoms with Crippen LogP contribution in [-0.2, 0) is 25.6 Å². The van der Waals surface area contributed by atoms with Crippen molar-refractivity contribution in [3.05, 3.63) is 16.1 Å². The van der Waals surface area contributed by atoms with E-state index < -0.39 is 12.1 Å². The van der Waals surface area contributed by atoms with Gasteiger partial charge in [0.05, 0.1) is 30.0 Å². The number of nitrogens with zero attached hydrogens (tertiary/aromatic N) is 3. The summed E-state index contributed by atoms with van der Waals surface area (Å²) >= 11 is 1.70. The van der Waals surface area contributed by atoms with Gasteiger partial charge in [-0.15, -0.1) is 11.3 Å². The molecule has 0 aromatic carbocycles. The first-order chi connectivity index (χ1) is 14.1. The lowest BCUT2D eigenvalue weighted by Crippen LogP contribution is -2.46. The van der Waals surface area contributed by atoms with Crippen LogP contribution in [0.15, 0.2) is 5.38 Å². The average Bonchev–Trinajstić information content (AvgIpc) is 3.39. The van der Waals surface area contributed by atoms with E-state index in [4.69, 9.17) is 19.4 Å². The maximum atomic E-state index is 12.6. The van der Waals surface area contributed by atoms with E-state index in [2.05, 4.69) is 15.3 Å². The largest absolute Gasteiger partial charge is 0.490 e. The molecule has 0 radical (unpaired) electrons. The first kappa shape index (κ1) is 22.9. The van der Waals surface area contributed by atoms with Crippen molar-refractivity contribution in [3.63, 3.8) is 0 Å². The molecule has 0 saturated carbocycles. The van der Waals surface area contributed by atoms with E-state index in [0.717, 1.165) is 36.6 Å². The Kier molecular flexibility index (Phi) is 7.32. The Bertz CT molecular complexity index is 754. The number of fused-ring (bicyclic) bond motifs is 1. The van der Waals surface area contributed by atoms with Crippen LogP contribution in [0, 0.1) is 6.92 Å². The quantitative estimate of drug-likeness (QED) is 0.748. The number of hydrogen-bond donors (Lipinski definition) is 1. The van der Waals surface area contributed by atoms with Gasteiger partial charge in [0.2, 0.25) is 0 Å². The van der Waals surface area contributed by atoms with Gasteiger partial charge in [0.1, 0.15) is 6.10 Å². The molecule has 4 rings (SSSR count). The van der Waals surface area contributed by atoms with E-state index in [0.29, 0.717) is 32.3 Å². The molecular formula is C18H24F3N3O5S. The van der Waals surface area contributed by atoms with Gasteiger partial charge >= 0.3 is 12.1 Å². The second kappa shape index (κ2) is 9.58. The molecule has 3 fully saturated rings. The molecule has 3 atom stereocenters. The first-order valence-electron chi connectivity index (χ1n) is 9.62. The van der Waals surface area contributed by atoms with Crippen LogP contribution in [0.1, 0.15) is 23.5 Å². The lowest BCUT2D eigenvalue weighted by Gasteiger charge is -2.29. The molecule has 3 saturated heterocycles. The van der Waals surface area contributed by atoms with Gasteiger partial charge in [0.15, 0.2) is 0 Å². The summed E-state index contributed by atoms with van der Waals surface area (Å²) in [6.45, 7) is 6.60. The number of aromatic nitrogens is 1. The van der Waals surface area contributed by atoms with Gasteiger partial charge in [0, 0.05) is 44.0 Å². The number of alkyl halides is 3. The Morgan fingerprint density at radius 3 is 2.53 bits per heavy atom. The lowest BCUT2D eigenvalue weighted by atomic mass is 10.1. The third kappa shape index (κ3) is 5.68. The van der Waals surface area contributed by atoms with E-state index in [1.54, 1.807) is 11.3 Å². The monoisotopic (exact) mass is 451 g/mol. The zero-order valence-electron chi connectivity index (χ0n) is 16.4. The number of carbonyl (C=O) groups is 2. The average molecular weight is 451 g/mol. The molecule has 0 unspecified atom stereocenters. The molecule has 1 aromatic heterocycles. The van der Waals surface area contributed by atoms with Crippen molar-refractivity contribution < 1.29 is 37.3 Å². The third-order valence-corrected chi connectivity index (χ3v) is 6.09. The molecule has 0 bridgehead atoms. The van der Waals surface area contributed by atoms with Crippen molar-refractivity contribution in [3.8, 4) is 0 Å². The van der Waals surface area contributed by atoms with Crippen LogP contribution in [0.25, 0.3) is 0 Å². The molecular weight excluding hydrogens is 427 g/mol. The summed E-state index contributed by atoms with van der Waals surface area (Å²) in [6.07, 6.45) is -3.34. The number of halogens is 3. The van der Waals surface area contributed by atoms with Crippen LogP contribution < -0.4 is 0 Å². The minimum Gasteiger partial charge on any atom is -0.475 e. The van der Waals surface area contributed by atoms with Crippen molar-refractivity contribution in [1.82, 2.24) is 14.8 Å². The highest BCUT2D eigenvalue weighted by Gasteiger charge is 2.46. The number of carboxylic acid groups (broad SMARTS) is 1. The number of likely N-dealkylation sites (tertiary alicyclic amines) is 1. The minimum absolute atomic E-state index is 0.146. The second-order valence-electron chi connectivity index (χ2n) is 7.32. The number of thiazole rings is 1. The summed E-state index contributed by atoms with van der Waals surface area (Å²) in [5, 5.41) is 10.4. The topological polar surface area (TPSA) is 92.2 Å². The summed E-state index contributed by atoms with van der Waals surface area (Å²) < 4.78 is 43.1. The molecule has 8 nitrogen and oxygen atoms in total. The van der Waals surface area contributed by atoms with Gasteiger partial charge in [-0.1, -0.05) is 0 Å². The molecule has 4 heterocycles. The molecule has 12 heteroatoms. The van der Waals surface area contributed by atoms with Crippen molar-refractivity contribution in [2.45, 2.75) is 50.7 Å². The number of ether oxygens (including phenoxy) is 2. The maximum absolute atomic E-state index is 12.6. The van der Waals surface area contributed by atoms with Crippen LogP contribution in [0.4, 0.5) is 13.2 Å². The van der Waals surface area contributed by atoms with Crippen LogP contribution >= 0.6 is 11.3 Å². The maximum Gasteiger partial charge on any atom is 0.490 e. The van der Waals surface area contributed by atoms with Gasteiger partial charge in [-0.3, -0.25) is 9.69 Å². The summed E-state index contributed by atoms with van der Waals surface area (Å²) in [5.41, 5.74) is 1.14. The standard InChI is InChI=1S/C16H23N3O3S.C2HF3O2/c1-11-17-12(10-23-11)9-19-3-2-14-13(19)8-15(22-14)16(20)18-4-6-21-7-5-18;3-2(4,5)1(6)7/h10,13-15H,2-9H2,1H3;(H,6,7)/t13-,14-,15+;/m0./s1. The van der Waals surface area contributed by atoms with Crippen molar-refractivity contribution in [1.29, 1.82) is 0 Å². The Morgan fingerprint density at radius 1 is 1.30 bits per heavy atom. The molecule has 0 aliphatic carbocycles. The number of rotatable bonds is 3. The summed E-state index contributed by atoms with van der Waals surface area (Å²) in [7, 11) is 0. The van der Waals surface area contributed by atoms with Gasteiger partial charge in [0.25, 0.3) is 5.91 Å². The van der Waals surface area contributed by atoms with E-state index in [1.807, 2.05) is 11.8 Å². The van der Waals surface area contributed by atoms with E-state index in [1.165, 1.54) is 0 Å². The number of aliphatic carboxylic acids is 1. The van der Waals surface area contributed by atoms with Gasteiger partial charge in [-0.2, -0.15) is 13.2 Å². The zero-order valence-corrected chi connectivity index (χ0v) is 17.2. The van der Waals surface area contributed by atoms with Crippen LogP contribution in [0.2, 0.25) is 0 Å². The fraction of sp³-hybridized carbons (Fsp3) is 0.722. The zero-order chi connectivity index (χ0) is 21.9. The van der Waals surface area contributed by atoms with Gasteiger partial charge in [-0.05, 0) is 13.3 Å². The highest BCUT2D eigenvalue weighted by atomic mass is 32.1. The van der Waals surface area contributed by atoms with E-state index in [-0.39, 0.29) is 18.1 Å². The number of carbonyl (C=O) groups excluding carboxylic acids is 1. The number of carboxylic acids is 1. The van der Waals surface area contributed by atoms with Crippen LogP contribution in [0.5, 0.6) is 0 Å². The first-order valence-corrected chi connectivity index (χ1v) is 10.5. The SMILES string of the molecule is Cc1nc(CN2CC[C@@H]3O[C@@H](C(=O)N4CCOCC4)C[C@@H]32)cs1.O=C(O)C(F)(F)F. The normalized spacial score (nSPS) is 26.8. The summed E-state index contributed by atoms with van der Waals surface area (Å²) in [5.74, 6) is -2.61. The van der Waals surface area contributed by atoms with E-state index >= 15 is 0 Å². The van der Waals surface area contributed by atoms with Crippen LogP contribution in [-0.4, -0.2) is 89.0 Å². The van der Waals surface area contributed by atoms with Gasteiger partial charge in [-0.25, -0.2) is 9.78 Å². The molecule has 1 N–H and O–H groups in total. The number of aryl methyl sites for hydroxylation is 1. The number of hydrogen-bond acceptors (Lipinski definition) is 7. The summed E-state index contributed by atoms with van der Waals surface area (Å²) in [6, 6.07) is 0.354. The molecule has 3 aliphatic rings. The fourth-order valence-corrected chi connectivity index (χ4v) is 4.47. The highest BCUT2D eigenvalue weighted by Crippen LogP contribution is 2.34. The van der Waals surface area contributed by atoms with Crippen LogP contribution in [0.3, 0.4) is 0 Å². The van der Waals surface area contributed by atoms with Crippen molar-refractivity contribution >= 4 is 23.2 Å². The molecule has 1 amide bonds. The summed E-state index contributed by atoms with van der Waals surface area (Å²) in [4.78, 5) is 30.4. The second-order valence-corrected chi connectivity index (χ2v) is 8.39. The Morgan fingerprint density at radius 2 is 1.97 bits per heavy atom. The molecule has 0 spiro atoms. The Labute approximate surface area is 175 Å². The lowest BCUT2D eigenvalue weighted by molar-refractivity contribution is -0.192. The Balaban J connectivity index is 0.000000318. The highest BCUT2D eigenvalue weighted by molar-refractivity contribution is 7.09. The third-order valence-electron chi connectivity index (χ3n) is 5.27. The van der Waals surface area contributed by atoms with Gasteiger partial charge < -0.3 is 19.5 Å². The predicted molar refractivity (Wildman–Crippen MR) is 100 cm³/mol. The molecule has 3 aliphatic heterocycles. The predicted octanol–water partition coefficient (Wildman–Crippen LogP) is 1.68. The Hall–Kier alpha value is -1.76. The minimum atomic E-state index is -5.08. The van der Waals surface area contributed by atoms with Crippen molar-refractivity contribution in [2.75, 3.05) is 32.8 Å². The van der Waals surface area contributed by atoms with E-state index in [9.17, 15) is 18.0 Å². The molecule has 168 valence electrons. The fourth-order valence-electron chi connectivity index (χ4n) is 3.86. The molecule has 1 aromatic rings. The number of morpholine rings is 1. The number of amides is 1. The smallest absolute Gasteiger partial charge is 0.475 e. The van der Waals surface area contributed by atoms with Crippen molar-refractivity contribution in [2.24, 2.45) is 0 Å².